The van der Waals surface area contributed by atoms with Crippen LogP contribution in [0.4, 0.5) is 5.13 Å². The second-order valence-corrected chi connectivity index (χ2v) is 9.21. The Morgan fingerprint density at radius 3 is 2.52 bits per heavy atom. The zero-order chi connectivity index (χ0) is 21.2. The number of aromatic nitrogens is 3. The molecule has 0 unspecified atom stereocenters. The van der Waals surface area contributed by atoms with Crippen molar-refractivity contribution in [2.45, 2.75) is 19.4 Å². The number of carbonyl (C=O) groups is 1. The lowest BCUT2D eigenvalue weighted by Gasteiger charge is -2.38. The molecule has 2 fully saturated rings. The van der Waals surface area contributed by atoms with Crippen molar-refractivity contribution in [3.05, 3.63) is 52.6 Å². The maximum absolute atomic E-state index is 13.1. The van der Waals surface area contributed by atoms with Crippen LogP contribution in [0.15, 0.2) is 41.5 Å². The lowest BCUT2D eigenvalue weighted by Crippen LogP contribution is -2.51. The fraction of sp³-hybridized carbons (Fsp3) is 0.455. The number of benzene rings is 1. The van der Waals surface area contributed by atoms with Gasteiger partial charge in [0.15, 0.2) is 10.8 Å². The molecule has 8 nitrogen and oxygen atoms in total. The van der Waals surface area contributed by atoms with Gasteiger partial charge in [0.05, 0.1) is 6.33 Å². The Bertz CT molecular complexity index is 1100. The van der Waals surface area contributed by atoms with Crippen LogP contribution in [0.3, 0.4) is 0 Å². The number of thiazole rings is 1. The van der Waals surface area contributed by atoms with Crippen LogP contribution in [0.1, 0.15) is 18.4 Å². The van der Waals surface area contributed by atoms with Crippen LogP contribution in [0, 0.1) is 5.92 Å². The van der Waals surface area contributed by atoms with Gasteiger partial charge in [-0.2, -0.15) is 4.98 Å². The van der Waals surface area contributed by atoms with Gasteiger partial charge in [0, 0.05) is 51.7 Å². The average Bonchev–Trinajstić information content (AvgIpc) is 3.26. The van der Waals surface area contributed by atoms with Gasteiger partial charge in [-0.15, -0.1) is 0 Å². The van der Waals surface area contributed by atoms with E-state index in [0.29, 0.717) is 16.3 Å². The summed E-state index contributed by atoms with van der Waals surface area (Å²) in [6.07, 6.45) is 3.03. The van der Waals surface area contributed by atoms with Crippen LogP contribution in [-0.2, 0) is 11.3 Å². The van der Waals surface area contributed by atoms with Gasteiger partial charge in [0.1, 0.15) is 4.70 Å². The van der Waals surface area contributed by atoms with Crippen molar-refractivity contribution in [3.8, 4) is 0 Å². The first kappa shape index (κ1) is 20.1. The number of rotatable bonds is 4. The number of hydrogen-bond acceptors (Lipinski definition) is 7. The van der Waals surface area contributed by atoms with E-state index in [1.165, 1.54) is 23.2 Å². The molecule has 0 radical (unpaired) electrons. The average molecular weight is 439 g/mol. The minimum Gasteiger partial charge on any atom is -0.348 e. The first-order chi connectivity index (χ1) is 15.2. The summed E-state index contributed by atoms with van der Waals surface area (Å²) in [6, 6.07) is 10.5. The number of aromatic amines is 1. The maximum Gasteiger partial charge on any atom is 0.270 e. The lowest BCUT2D eigenvalue weighted by molar-refractivity contribution is -0.138. The number of amides is 1. The number of nitrogens with one attached hydrogen (secondary N) is 1. The van der Waals surface area contributed by atoms with Gasteiger partial charge in [-0.1, -0.05) is 41.7 Å². The van der Waals surface area contributed by atoms with Gasteiger partial charge in [-0.05, 0) is 18.4 Å². The Hall–Kier alpha value is -2.78. The third-order valence-corrected chi connectivity index (χ3v) is 7.34. The van der Waals surface area contributed by atoms with E-state index in [9.17, 15) is 9.59 Å². The van der Waals surface area contributed by atoms with E-state index in [4.69, 9.17) is 0 Å². The van der Waals surface area contributed by atoms with Crippen molar-refractivity contribution in [2.75, 3.05) is 44.2 Å². The van der Waals surface area contributed by atoms with E-state index in [2.05, 4.69) is 49.0 Å². The molecule has 4 heterocycles. The third kappa shape index (κ3) is 4.33. The molecule has 0 spiro atoms. The SMILES string of the molecule is O=C(C1CCN(c2nc3nc[nH]c(=O)c3s2)CC1)N1CCN(Cc2ccccc2)CC1. The first-order valence-electron chi connectivity index (χ1n) is 10.8. The van der Waals surface area contributed by atoms with E-state index >= 15 is 0 Å². The Labute approximate surface area is 184 Å². The minimum atomic E-state index is -0.148. The molecular weight excluding hydrogens is 412 g/mol. The molecular formula is C22H26N6O2S. The summed E-state index contributed by atoms with van der Waals surface area (Å²) in [7, 11) is 0. The Morgan fingerprint density at radius 1 is 1.06 bits per heavy atom. The molecule has 2 aromatic heterocycles. The number of hydrogen-bond donors (Lipinski definition) is 1. The van der Waals surface area contributed by atoms with Crippen LogP contribution < -0.4 is 10.5 Å². The molecule has 2 aliphatic heterocycles. The molecule has 2 aliphatic rings. The van der Waals surface area contributed by atoms with E-state index in [1.807, 2.05) is 11.0 Å². The third-order valence-electron chi connectivity index (χ3n) is 6.23. The second-order valence-electron chi connectivity index (χ2n) is 8.23. The number of fused-ring (bicyclic) bond motifs is 1. The van der Waals surface area contributed by atoms with Crippen LogP contribution in [0.25, 0.3) is 10.3 Å². The van der Waals surface area contributed by atoms with Gasteiger partial charge in [-0.3, -0.25) is 14.5 Å². The summed E-state index contributed by atoms with van der Waals surface area (Å²) in [5, 5.41) is 0.819. The maximum atomic E-state index is 13.1. The monoisotopic (exact) mass is 438 g/mol. The molecule has 31 heavy (non-hydrogen) atoms. The van der Waals surface area contributed by atoms with Gasteiger partial charge in [0.2, 0.25) is 5.91 Å². The number of carbonyl (C=O) groups excluding carboxylic acids is 1. The molecule has 5 rings (SSSR count). The molecule has 0 bridgehead atoms. The first-order valence-corrected chi connectivity index (χ1v) is 11.6. The summed E-state index contributed by atoms with van der Waals surface area (Å²) in [4.78, 5) is 42.9. The molecule has 3 aromatic rings. The highest BCUT2D eigenvalue weighted by Gasteiger charge is 2.31. The summed E-state index contributed by atoms with van der Waals surface area (Å²) in [5.74, 6) is 0.370. The number of piperidine rings is 1. The van der Waals surface area contributed by atoms with Gasteiger partial charge >= 0.3 is 0 Å². The van der Waals surface area contributed by atoms with E-state index in [0.717, 1.165) is 63.8 Å². The standard InChI is InChI=1S/C22H26N6O2S/c29-20-18-19(23-15-24-20)25-22(31-18)28-8-6-17(7-9-28)21(30)27-12-10-26(11-13-27)14-16-4-2-1-3-5-16/h1-5,15,17H,6-14H2,(H,23,24,29). The summed E-state index contributed by atoms with van der Waals surface area (Å²) in [5.41, 5.74) is 1.67. The molecule has 9 heteroatoms. The van der Waals surface area contributed by atoms with Crippen molar-refractivity contribution >= 4 is 32.7 Å². The quantitative estimate of drug-likeness (QED) is 0.670. The smallest absolute Gasteiger partial charge is 0.270 e. The molecule has 2 saturated heterocycles. The van der Waals surface area contributed by atoms with Crippen LogP contribution in [0.5, 0.6) is 0 Å². The lowest BCUT2D eigenvalue weighted by atomic mass is 9.95. The van der Waals surface area contributed by atoms with Crippen molar-refractivity contribution in [3.63, 3.8) is 0 Å². The summed E-state index contributed by atoms with van der Waals surface area (Å²) < 4.78 is 0.559. The molecule has 1 aromatic carbocycles. The van der Waals surface area contributed by atoms with Crippen molar-refractivity contribution in [1.29, 1.82) is 0 Å². The zero-order valence-electron chi connectivity index (χ0n) is 17.4. The van der Waals surface area contributed by atoms with Gasteiger partial charge in [0.25, 0.3) is 5.56 Å². The van der Waals surface area contributed by atoms with Crippen molar-refractivity contribution < 1.29 is 4.79 Å². The topological polar surface area (TPSA) is 85.4 Å². The number of nitrogens with zero attached hydrogens (tertiary/aromatic N) is 5. The number of H-pyrrole nitrogens is 1. The highest BCUT2D eigenvalue weighted by molar-refractivity contribution is 7.22. The largest absolute Gasteiger partial charge is 0.348 e. The predicted molar refractivity (Wildman–Crippen MR) is 121 cm³/mol. The molecule has 1 N–H and O–H groups in total. The van der Waals surface area contributed by atoms with Crippen molar-refractivity contribution in [1.82, 2.24) is 24.8 Å². The fourth-order valence-corrected chi connectivity index (χ4v) is 5.40. The number of anilines is 1. The Kier molecular flexibility index (Phi) is 5.69. The second kappa shape index (κ2) is 8.76. The highest BCUT2D eigenvalue weighted by atomic mass is 32.1. The van der Waals surface area contributed by atoms with Crippen LogP contribution in [-0.4, -0.2) is 69.9 Å². The summed E-state index contributed by atoms with van der Waals surface area (Å²) >= 11 is 1.38. The molecule has 1 amide bonds. The van der Waals surface area contributed by atoms with Crippen LogP contribution >= 0.6 is 11.3 Å². The molecule has 0 saturated carbocycles. The zero-order valence-corrected chi connectivity index (χ0v) is 18.2. The minimum absolute atomic E-state index is 0.0767. The predicted octanol–water partition coefficient (Wildman–Crippen LogP) is 1.94. The highest BCUT2D eigenvalue weighted by Crippen LogP contribution is 2.29. The Balaban J connectivity index is 1.13. The molecule has 0 aliphatic carbocycles. The van der Waals surface area contributed by atoms with E-state index in [-0.39, 0.29) is 11.5 Å². The normalized spacial score (nSPS) is 18.6. The molecule has 0 atom stereocenters. The van der Waals surface area contributed by atoms with Gasteiger partial charge in [-0.25, -0.2) is 4.98 Å². The van der Waals surface area contributed by atoms with Gasteiger partial charge < -0.3 is 14.8 Å². The fourth-order valence-electron chi connectivity index (χ4n) is 4.43. The van der Waals surface area contributed by atoms with E-state index < -0.39 is 0 Å². The van der Waals surface area contributed by atoms with Crippen molar-refractivity contribution in [2.24, 2.45) is 5.92 Å². The summed E-state index contributed by atoms with van der Waals surface area (Å²) in [6.45, 7) is 5.96. The molecule has 162 valence electrons. The Morgan fingerprint density at radius 2 is 1.81 bits per heavy atom. The number of piperazine rings is 1. The van der Waals surface area contributed by atoms with E-state index in [1.54, 1.807) is 0 Å². The van der Waals surface area contributed by atoms with Crippen LogP contribution in [0.2, 0.25) is 0 Å².